The van der Waals surface area contributed by atoms with E-state index in [1.807, 2.05) is 0 Å². The molecule has 0 unspecified atom stereocenters. The van der Waals surface area contributed by atoms with E-state index >= 15 is 0 Å². The zero-order valence-electron chi connectivity index (χ0n) is 16.6. The molecule has 3 heterocycles. The number of phenols is 1. The van der Waals surface area contributed by atoms with Gasteiger partial charge in [0.2, 0.25) is 5.78 Å². The molecule has 2 aliphatic heterocycles. The number of carbonyl (C=O) groups excluding carboxylic acids is 1. The molecule has 1 aromatic heterocycles. The number of nitrogens with zero attached hydrogens (tertiary/aromatic N) is 1. The van der Waals surface area contributed by atoms with Gasteiger partial charge in [-0.2, -0.15) is 0 Å². The molecular formula is C23H21N3O5. The van der Waals surface area contributed by atoms with E-state index in [4.69, 9.17) is 9.84 Å². The fourth-order valence-electron chi connectivity index (χ4n) is 4.08. The summed E-state index contributed by atoms with van der Waals surface area (Å²) in [4.78, 5) is 29.4. The molecule has 0 atom stereocenters. The highest BCUT2D eigenvalue weighted by molar-refractivity contribution is 6.15. The molecule has 0 saturated carbocycles. The standard InChI is InChI=1S/C23H21N3O5/c27-19-4-3-16-21(28)20(31-22(16)17(19)12-26-7-5-24-6-8-26)10-14-11-25-18-9-13(23(29)30)1-2-15(14)18/h1-4,9-11,24-25,27H,5-8,12H2,(H,29,30)/b20-10-. The third-order valence-electron chi connectivity index (χ3n) is 5.75. The van der Waals surface area contributed by atoms with Gasteiger partial charge in [0.05, 0.1) is 16.7 Å². The van der Waals surface area contributed by atoms with E-state index in [9.17, 15) is 14.7 Å². The summed E-state index contributed by atoms with van der Waals surface area (Å²) in [5.41, 5.74) is 2.60. The molecule has 5 rings (SSSR count). The number of allylic oxidation sites excluding steroid dienone is 1. The third kappa shape index (κ3) is 3.45. The predicted octanol–water partition coefficient (Wildman–Crippen LogP) is 2.59. The maximum Gasteiger partial charge on any atom is 0.335 e. The average molecular weight is 419 g/mol. The van der Waals surface area contributed by atoms with Crippen molar-refractivity contribution in [1.82, 2.24) is 15.2 Å². The van der Waals surface area contributed by atoms with Crippen molar-refractivity contribution in [2.75, 3.05) is 26.2 Å². The number of rotatable bonds is 4. The molecule has 31 heavy (non-hydrogen) atoms. The Morgan fingerprint density at radius 2 is 2.00 bits per heavy atom. The van der Waals surface area contributed by atoms with E-state index in [0.717, 1.165) is 37.1 Å². The Kier molecular flexibility index (Phi) is 4.72. The third-order valence-corrected chi connectivity index (χ3v) is 5.75. The van der Waals surface area contributed by atoms with E-state index in [-0.39, 0.29) is 22.9 Å². The minimum absolute atomic E-state index is 0.111. The van der Waals surface area contributed by atoms with Crippen molar-refractivity contribution in [3.63, 3.8) is 0 Å². The Morgan fingerprint density at radius 3 is 2.77 bits per heavy atom. The number of hydrogen-bond acceptors (Lipinski definition) is 6. The summed E-state index contributed by atoms with van der Waals surface area (Å²) in [6.45, 7) is 3.97. The number of aromatic amines is 1. The quantitative estimate of drug-likeness (QED) is 0.481. The van der Waals surface area contributed by atoms with E-state index in [0.29, 0.717) is 28.9 Å². The van der Waals surface area contributed by atoms with Crippen molar-refractivity contribution in [3.05, 3.63) is 64.5 Å². The van der Waals surface area contributed by atoms with E-state index in [2.05, 4.69) is 15.2 Å². The molecule has 8 heteroatoms. The number of carboxylic acids is 1. The van der Waals surface area contributed by atoms with Gasteiger partial charge in [-0.25, -0.2) is 4.79 Å². The summed E-state index contributed by atoms with van der Waals surface area (Å²) in [6.07, 6.45) is 3.36. The van der Waals surface area contributed by atoms with E-state index in [1.54, 1.807) is 36.5 Å². The summed E-state index contributed by atoms with van der Waals surface area (Å²) in [5.74, 6) is -0.557. The summed E-state index contributed by atoms with van der Waals surface area (Å²) in [6, 6.07) is 7.91. The predicted molar refractivity (Wildman–Crippen MR) is 114 cm³/mol. The highest BCUT2D eigenvalue weighted by Gasteiger charge is 2.32. The molecule has 2 aliphatic rings. The molecule has 0 spiro atoms. The van der Waals surface area contributed by atoms with Crippen LogP contribution in [0.3, 0.4) is 0 Å². The Balaban J connectivity index is 1.48. The van der Waals surface area contributed by atoms with Crippen LogP contribution >= 0.6 is 0 Å². The molecule has 158 valence electrons. The molecular weight excluding hydrogens is 398 g/mol. The molecule has 3 aromatic rings. The fourth-order valence-corrected chi connectivity index (χ4v) is 4.08. The molecule has 1 saturated heterocycles. The largest absolute Gasteiger partial charge is 0.507 e. The first kappa shape index (κ1) is 19.3. The zero-order valence-corrected chi connectivity index (χ0v) is 16.6. The average Bonchev–Trinajstić information content (AvgIpc) is 3.32. The second-order valence-electron chi connectivity index (χ2n) is 7.72. The Bertz CT molecular complexity index is 1240. The molecule has 0 amide bonds. The number of ketones is 1. The number of H-pyrrole nitrogens is 1. The van der Waals surface area contributed by atoms with Crippen LogP contribution in [0.15, 0.2) is 42.3 Å². The number of nitrogens with one attached hydrogen (secondary N) is 2. The molecule has 0 aliphatic carbocycles. The number of benzene rings is 2. The number of hydrogen-bond donors (Lipinski definition) is 4. The topological polar surface area (TPSA) is 115 Å². The lowest BCUT2D eigenvalue weighted by molar-refractivity contribution is 0.0697. The van der Waals surface area contributed by atoms with Gasteiger partial charge in [-0.15, -0.1) is 0 Å². The highest BCUT2D eigenvalue weighted by Crippen LogP contribution is 2.40. The van der Waals surface area contributed by atoms with Crippen LogP contribution in [0.25, 0.3) is 17.0 Å². The van der Waals surface area contributed by atoms with Crippen molar-refractivity contribution in [1.29, 1.82) is 0 Å². The molecule has 1 fully saturated rings. The normalized spacial score (nSPS) is 17.8. The first-order chi connectivity index (χ1) is 15.0. The van der Waals surface area contributed by atoms with Crippen molar-refractivity contribution >= 4 is 28.7 Å². The number of carbonyl (C=O) groups is 2. The number of aromatic carboxylic acids is 1. The number of piperazine rings is 1. The second kappa shape index (κ2) is 7.57. The van der Waals surface area contributed by atoms with Gasteiger partial charge in [0, 0.05) is 55.4 Å². The molecule has 8 nitrogen and oxygen atoms in total. The number of ether oxygens (including phenoxy) is 1. The summed E-state index contributed by atoms with van der Waals surface area (Å²) in [5, 5.41) is 23.7. The SMILES string of the molecule is O=C(O)c1ccc2c(/C=C3\Oc4c(ccc(O)c4CN4CCNCC4)C3=O)c[nH]c2c1. The van der Waals surface area contributed by atoms with Crippen LogP contribution < -0.4 is 10.1 Å². The van der Waals surface area contributed by atoms with Crippen molar-refractivity contribution in [3.8, 4) is 11.5 Å². The second-order valence-corrected chi connectivity index (χ2v) is 7.72. The Hall–Kier alpha value is -3.62. The van der Waals surface area contributed by atoms with Gasteiger partial charge in [-0.3, -0.25) is 9.69 Å². The van der Waals surface area contributed by atoms with E-state index < -0.39 is 5.97 Å². The van der Waals surface area contributed by atoms with Crippen molar-refractivity contribution in [2.24, 2.45) is 0 Å². The van der Waals surface area contributed by atoms with Crippen molar-refractivity contribution < 1.29 is 24.5 Å². The minimum atomic E-state index is -1.00. The van der Waals surface area contributed by atoms with Crippen LogP contribution in [0.1, 0.15) is 31.8 Å². The van der Waals surface area contributed by atoms with Crippen LogP contribution in [0, 0.1) is 0 Å². The van der Waals surface area contributed by atoms with Gasteiger partial charge in [0.25, 0.3) is 0 Å². The fraction of sp³-hybridized carbons (Fsp3) is 0.217. The Labute approximate surface area is 177 Å². The van der Waals surface area contributed by atoms with Crippen LogP contribution in [0.2, 0.25) is 0 Å². The van der Waals surface area contributed by atoms with Gasteiger partial charge in [-0.1, -0.05) is 6.07 Å². The van der Waals surface area contributed by atoms with Crippen LogP contribution in [0.5, 0.6) is 11.5 Å². The van der Waals surface area contributed by atoms with Gasteiger partial charge in [0.15, 0.2) is 5.76 Å². The summed E-state index contributed by atoms with van der Waals surface area (Å²) in [7, 11) is 0. The van der Waals surface area contributed by atoms with Crippen LogP contribution in [-0.2, 0) is 6.54 Å². The molecule has 4 N–H and O–H groups in total. The van der Waals surface area contributed by atoms with E-state index in [1.165, 1.54) is 6.07 Å². The summed E-state index contributed by atoms with van der Waals surface area (Å²) >= 11 is 0. The number of phenolic OH excluding ortho intramolecular Hbond substituents is 1. The maximum absolute atomic E-state index is 13.0. The molecule has 0 bridgehead atoms. The van der Waals surface area contributed by atoms with Gasteiger partial charge in [-0.05, 0) is 30.3 Å². The van der Waals surface area contributed by atoms with Crippen LogP contribution in [0.4, 0.5) is 0 Å². The lowest BCUT2D eigenvalue weighted by Gasteiger charge is -2.27. The lowest BCUT2D eigenvalue weighted by Crippen LogP contribution is -2.42. The smallest absolute Gasteiger partial charge is 0.335 e. The van der Waals surface area contributed by atoms with Gasteiger partial charge >= 0.3 is 5.97 Å². The lowest BCUT2D eigenvalue weighted by atomic mass is 10.0. The number of fused-ring (bicyclic) bond motifs is 2. The monoisotopic (exact) mass is 419 g/mol. The minimum Gasteiger partial charge on any atom is -0.507 e. The number of carboxylic acid groups (broad SMARTS) is 1. The number of aromatic nitrogens is 1. The first-order valence-electron chi connectivity index (χ1n) is 10.1. The maximum atomic E-state index is 13.0. The van der Waals surface area contributed by atoms with Gasteiger partial charge < -0.3 is 25.3 Å². The zero-order chi connectivity index (χ0) is 21.5. The van der Waals surface area contributed by atoms with Gasteiger partial charge in [0.1, 0.15) is 11.5 Å². The number of Topliss-reactive ketones (excluding diaryl/α,β-unsaturated/α-hetero) is 1. The first-order valence-corrected chi connectivity index (χ1v) is 10.1. The molecule has 2 aromatic carbocycles. The summed E-state index contributed by atoms with van der Waals surface area (Å²) < 4.78 is 5.96. The van der Waals surface area contributed by atoms with Crippen LogP contribution in [-0.4, -0.2) is 58.0 Å². The van der Waals surface area contributed by atoms with Crippen molar-refractivity contribution in [2.45, 2.75) is 6.54 Å². The Morgan fingerprint density at radius 1 is 1.19 bits per heavy atom. The number of aromatic hydroxyl groups is 1. The highest BCUT2D eigenvalue weighted by atomic mass is 16.5. The molecule has 0 radical (unpaired) electrons.